The first-order valence-corrected chi connectivity index (χ1v) is 8.52. The van der Waals surface area contributed by atoms with Gasteiger partial charge in [0.1, 0.15) is 0 Å². The average molecular weight is 366 g/mol. The number of benzene rings is 2. The number of hydrogen-bond acceptors (Lipinski definition) is 5. The third-order valence-electron chi connectivity index (χ3n) is 4.03. The van der Waals surface area contributed by atoms with E-state index in [0.717, 1.165) is 18.9 Å². The van der Waals surface area contributed by atoms with E-state index in [-0.39, 0.29) is 23.2 Å². The van der Waals surface area contributed by atoms with Gasteiger partial charge in [-0.05, 0) is 25.0 Å². The lowest BCUT2D eigenvalue weighted by molar-refractivity contribution is -0.385. The maximum Gasteiger partial charge on any atom is 0.331 e. The van der Waals surface area contributed by atoms with E-state index >= 15 is 0 Å². The number of carbonyl (C=O) groups is 2. The molecule has 1 aliphatic rings. The molecule has 138 valence electrons. The fourth-order valence-electron chi connectivity index (χ4n) is 2.51. The van der Waals surface area contributed by atoms with Gasteiger partial charge in [-0.2, -0.15) is 0 Å². The Morgan fingerprint density at radius 3 is 2.44 bits per heavy atom. The zero-order valence-electron chi connectivity index (χ0n) is 14.4. The first-order valence-electron chi connectivity index (χ1n) is 8.52. The van der Waals surface area contributed by atoms with Crippen molar-refractivity contribution in [1.82, 2.24) is 5.32 Å². The SMILES string of the molecule is O=C(/C=C/c1ccccc1[N+](=O)[O-])O[C@H](C(=O)NC1CC1)c1ccccc1. The highest BCUT2D eigenvalue weighted by atomic mass is 16.6. The molecule has 1 fully saturated rings. The molecule has 2 aromatic carbocycles. The number of rotatable bonds is 7. The monoisotopic (exact) mass is 366 g/mol. The average Bonchev–Trinajstić information content (AvgIpc) is 3.49. The number of hydrogen-bond donors (Lipinski definition) is 1. The summed E-state index contributed by atoms with van der Waals surface area (Å²) in [7, 11) is 0. The molecule has 7 heteroatoms. The second-order valence-corrected chi connectivity index (χ2v) is 6.16. The lowest BCUT2D eigenvalue weighted by Crippen LogP contribution is -2.33. The lowest BCUT2D eigenvalue weighted by atomic mass is 10.1. The molecule has 1 aliphatic carbocycles. The van der Waals surface area contributed by atoms with Gasteiger partial charge in [-0.3, -0.25) is 14.9 Å². The summed E-state index contributed by atoms with van der Waals surface area (Å²) in [5, 5.41) is 13.9. The second kappa shape index (κ2) is 8.27. The number of amides is 1. The van der Waals surface area contributed by atoms with Crippen LogP contribution in [-0.2, 0) is 14.3 Å². The van der Waals surface area contributed by atoms with E-state index in [1.54, 1.807) is 42.5 Å². The Morgan fingerprint density at radius 2 is 1.78 bits per heavy atom. The lowest BCUT2D eigenvalue weighted by Gasteiger charge is -2.17. The van der Waals surface area contributed by atoms with E-state index in [0.29, 0.717) is 5.56 Å². The summed E-state index contributed by atoms with van der Waals surface area (Å²) in [5.41, 5.74) is 0.717. The van der Waals surface area contributed by atoms with Crippen LogP contribution in [-0.4, -0.2) is 22.8 Å². The molecule has 1 atom stereocenters. The van der Waals surface area contributed by atoms with Crippen molar-refractivity contribution in [1.29, 1.82) is 0 Å². The van der Waals surface area contributed by atoms with Crippen LogP contribution >= 0.6 is 0 Å². The minimum absolute atomic E-state index is 0.118. The Kier molecular flexibility index (Phi) is 5.61. The zero-order chi connectivity index (χ0) is 19.2. The molecule has 1 N–H and O–H groups in total. The Morgan fingerprint density at radius 1 is 1.11 bits per heavy atom. The van der Waals surface area contributed by atoms with E-state index < -0.39 is 17.0 Å². The highest BCUT2D eigenvalue weighted by Crippen LogP contribution is 2.24. The number of nitrogens with one attached hydrogen (secondary N) is 1. The molecule has 1 amide bonds. The molecule has 0 spiro atoms. The number of carbonyl (C=O) groups excluding carboxylic acids is 2. The van der Waals surface area contributed by atoms with Gasteiger partial charge in [0.25, 0.3) is 11.6 Å². The fraction of sp³-hybridized carbons (Fsp3) is 0.200. The van der Waals surface area contributed by atoms with Crippen LogP contribution in [0.2, 0.25) is 0 Å². The normalized spacial score (nSPS) is 14.5. The van der Waals surface area contributed by atoms with Crippen molar-refractivity contribution in [3.8, 4) is 0 Å². The minimum Gasteiger partial charge on any atom is -0.444 e. The van der Waals surface area contributed by atoms with Gasteiger partial charge in [0, 0.05) is 23.7 Å². The van der Waals surface area contributed by atoms with Gasteiger partial charge in [0.2, 0.25) is 6.10 Å². The molecule has 3 rings (SSSR count). The van der Waals surface area contributed by atoms with Crippen LogP contribution in [0, 0.1) is 10.1 Å². The van der Waals surface area contributed by atoms with Crippen molar-refractivity contribution in [2.75, 3.05) is 0 Å². The second-order valence-electron chi connectivity index (χ2n) is 6.16. The standard InChI is InChI=1S/C20H18N2O5/c23-18(13-10-14-6-4-5-9-17(14)22(25)26)27-19(15-7-2-1-3-8-15)20(24)21-16-11-12-16/h1-10,13,16,19H,11-12H2,(H,21,24)/b13-10+/t19-/m0/s1. The quantitative estimate of drug-likeness (QED) is 0.351. The molecule has 0 saturated heterocycles. The molecular weight excluding hydrogens is 348 g/mol. The third kappa shape index (κ3) is 5.01. The van der Waals surface area contributed by atoms with Crippen LogP contribution < -0.4 is 5.32 Å². The zero-order valence-corrected chi connectivity index (χ0v) is 14.4. The van der Waals surface area contributed by atoms with E-state index in [2.05, 4.69) is 5.32 Å². The highest BCUT2D eigenvalue weighted by Gasteiger charge is 2.30. The van der Waals surface area contributed by atoms with E-state index in [9.17, 15) is 19.7 Å². The van der Waals surface area contributed by atoms with Gasteiger partial charge >= 0.3 is 5.97 Å². The molecule has 1 saturated carbocycles. The Bertz CT molecular complexity index is 875. The molecule has 7 nitrogen and oxygen atoms in total. The van der Waals surface area contributed by atoms with E-state index in [4.69, 9.17) is 4.74 Å². The number of esters is 1. The van der Waals surface area contributed by atoms with Gasteiger partial charge in [0.15, 0.2) is 0 Å². The highest BCUT2D eigenvalue weighted by molar-refractivity contribution is 5.91. The van der Waals surface area contributed by atoms with Gasteiger partial charge < -0.3 is 10.1 Å². The maximum absolute atomic E-state index is 12.4. The van der Waals surface area contributed by atoms with Crippen molar-refractivity contribution in [2.45, 2.75) is 25.0 Å². The van der Waals surface area contributed by atoms with E-state index in [1.165, 1.54) is 18.2 Å². The smallest absolute Gasteiger partial charge is 0.331 e. The van der Waals surface area contributed by atoms with Crippen LogP contribution in [0.25, 0.3) is 6.08 Å². The van der Waals surface area contributed by atoms with Crippen molar-refractivity contribution < 1.29 is 19.2 Å². The summed E-state index contributed by atoms with van der Waals surface area (Å²) in [4.78, 5) is 35.2. The predicted octanol–water partition coefficient (Wildman–Crippen LogP) is 3.17. The van der Waals surface area contributed by atoms with Crippen LogP contribution in [0.5, 0.6) is 0 Å². The molecule has 0 radical (unpaired) electrons. The molecule has 0 heterocycles. The summed E-state index contributed by atoms with van der Waals surface area (Å²) in [6.07, 6.45) is 3.15. The molecule has 0 aromatic heterocycles. The molecule has 2 aromatic rings. The van der Waals surface area contributed by atoms with Gasteiger partial charge in [-0.25, -0.2) is 4.79 Å². The van der Waals surface area contributed by atoms with Crippen molar-refractivity contribution in [3.63, 3.8) is 0 Å². The molecule has 27 heavy (non-hydrogen) atoms. The van der Waals surface area contributed by atoms with Crippen molar-refractivity contribution in [3.05, 3.63) is 81.9 Å². The first kappa shape index (κ1) is 18.3. The summed E-state index contributed by atoms with van der Waals surface area (Å²) >= 11 is 0. The van der Waals surface area contributed by atoms with Gasteiger partial charge in [-0.15, -0.1) is 0 Å². The number of ether oxygens (including phenoxy) is 1. The number of nitro benzene ring substituents is 1. The molecular formula is C20H18N2O5. The number of para-hydroxylation sites is 1. The van der Waals surface area contributed by atoms with E-state index in [1.807, 2.05) is 0 Å². The topological polar surface area (TPSA) is 98.5 Å². The molecule has 0 bridgehead atoms. The third-order valence-corrected chi connectivity index (χ3v) is 4.03. The maximum atomic E-state index is 12.4. The summed E-state index contributed by atoms with van der Waals surface area (Å²) in [5.74, 6) is -1.14. The largest absolute Gasteiger partial charge is 0.444 e. The Hall–Kier alpha value is -3.48. The summed E-state index contributed by atoms with van der Waals surface area (Å²) in [6.45, 7) is 0. The summed E-state index contributed by atoms with van der Waals surface area (Å²) < 4.78 is 5.34. The number of nitro groups is 1. The first-order chi connectivity index (χ1) is 13.0. The van der Waals surface area contributed by atoms with Crippen LogP contribution in [0.15, 0.2) is 60.7 Å². The molecule has 0 unspecified atom stereocenters. The van der Waals surface area contributed by atoms with Crippen molar-refractivity contribution >= 4 is 23.6 Å². The minimum atomic E-state index is -1.07. The van der Waals surface area contributed by atoms with Crippen LogP contribution in [0.4, 0.5) is 5.69 Å². The van der Waals surface area contributed by atoms with Crippen LogP contribution in [0.1, 0.15) is 30.1 Å². The van der Waals surface area contributed by atoms with Crippen LogP contribution in [0.3, 0.4) is 0 Å². The fourth-order valence-corrected chi connectivity index (χ4v) is 2.51. The van der Waals surface area contributed by atoms with Gasteiger partial charge in [0.05, 0.1) is 10.5 Å². The predicted molar refractivity (Wildman–Crippen MR) is 98.6 cm³/mol. The van der Waals surface area contributed by atoms with Gasteiger partial charge in [-0.1, -0.05) is 42.5 Å². The summed E-state index contributed by atoms with van der Waals surface area (Å²) in [6, 6.07) is 14.9. The Labute approximate surface area is 155 Å². The molecule has 0 aliphatic heterocycles. The Balaban J connectivity index is 1.74. The number of nitrogens with zero attached hydrogens (tertiary/aromatic N) is 1. The van der Waals surface area contributed by atoms with Crippen molar-refractivity contribution in [2.24, 2.45) is 0 Å².